The van der Waals surface area contributed by atoms with Crippen molar-refractivity contribution in [1.29, 1.82) is 0 Å². The van der Waals surface area contributed by atoms with Crippen LogP contribution in [0, 0.1) is 11.8 Å². The third-order valence-corrected chi connectivity index (χ3v) is 2.91. The van der Waals surface area contributed by atoms with E-state index < -0.39 is 23.7 Å². The molecule has 1 saturated carbocycles. The number of alkyl carbamates (subject to hydrolysis) is 1. The number of carboxylic acid groups (broad SMARTS) is 1. The lowest BCUT2D eigenvalue weighted by Gasteiger charge is -2.24. The Morgan fingerprint density at radius 1 is 1.39 bits per heavy atom. The van der Waals surface area contributed by atoms with Crippen LogP contribution in [-0.4, -0.2) is 28.8 Å². The summed E-state index contributed by atoms with van der Waals surface area (Å²) >= 11 is 0. The predicted molar refractivity (Wildman–Crippen MR) is 67.3 cm³/mol. The van der Waals surface area contributed by atoms with Crippen molar-refractivity contribution in [2.45, 2.75) is 58.6 Å². The molecular formula is C13H23NO4. The first kappa shape index (κ1) is 14.8. The largest absolute Gasteiger partial charge is 0.480 e. The van der Waals surface area contributed by atoms with Gasteiger partial charge in [0.1, 0.15) is 11.6 Å². The zero-order chi connectivity index (χ0) is 13.9. The van der Waals surface area contributed by atoms with Gasteiger partial charge in [0.15, 0.2) is 0 Å². The number of hydrogen-bond donors (Lipinski definition) is 2. The molecule has 0 radical (unpaired) electrons. The minimum Gasteiger partial charge on any atom is -0.480 e. The first-order valence-corrected chi connectivity index (χ1v) is 6.41. The molecule has 2 atom stereocenters. The molecule has 1 aliphatic carbocycles. The van der Waals surface area contributed by atoms with E-state index in [1.807, 2.05) is 6.92 Å². The Labute approximate surface area is 108 Å². The van der Waals surface area contributed by atoms with E-state index in [1.165, 1.54) is 12.8 Å². The first-order valence-electron chi connectivity index (χ1n) is 6.41. The van der Waals surface area contributed by atoms with Crippen LogP contribution in [0.2, 0.25) is 0 Å². The lowest BCUT2D eigenvalue weighted by Crippen LogP contribution is -2.47. The van der Waals surface area contributed by atoms with Gasteiger partial charge in [-0.15, -0.1) is 0 Å². The van der Waals surface area contributed by atoms with Crippen molar-refractivity contribution in [3.8, 4) is 0 Å². The number of aliphatic carboxylic acids is 1. The van der Waals surface area contributed by atoms with Gasteiger partial charge in [-0.05, 0) is 39.0 Å². The van der Waals surface area contributed by atoms with Gasteiger partial charge < -0.3 is 15.2 Å². The highest BCUT2D eigenvalue weighted by atomic mass is 16.6. The number of nitrogens with one attached hydrogen (secondary N) is 1. The summed E-state index contributed by atoms with van der Waals surface area (Å²) in [5.74, 6) is -0.459. The van der Waals surface area contributed by atoms with Crippen molar-refractivity contribution in [2.75, 3.05) is 0 Å². The number of rotatable bonds is 5. The Bertz CT molecular complexity index is 317. The Balaban J connectivity index is 2.50. The second-order valence-corrected chi connectivity index (χ2v) is 6.12. The molecule has 1 fully saturated rings. The molecule has 2 N–H and O–H groups in total. The average Bonchev–Trinajstić information content (AvgIpc) is 2.94. The summed E-state index contributed by atoms with van der Waals surface area (Å²) in [5.41, 5.74) is -0.618. The molecule has 0 saturated heterocycles. The molecule has 5 heteroatoms. The van der Waals surface area contributed by atoms with Crippen LogP contribution in [0.15, 0.2) is 0 Å². The van der Waals surface area contributed by atoms with Gasteiger partial charge in [-0.3, -0.25) is 0 Å². The van der Waals surface area contributed by atoms with Crippen LogP contribution in [0.3, 0.4) is 0 Å². The standard InChI is InChI=1S/C13H23NO4/c1-8(7-9-5-6-9)10(11(15)16)14-12(17)18-13(2,3)4/h8-10H,5-7H2,1-4H3,(H,14,17)(H,15,16). The third kappa shape index (κ3) is 5.38. The fourth-order valence-electron chi connectivity index (χ4n) is 1.90. The molecule has 0 spiro atoms. The summed E-state index contributed by atoms with van der Waals surface area (Å²) in [7, 11) is 0. The normalized spacial score (nSPS) is 18.9. The Morgan fingerprint density at radius 3 is 2.33 bits per heavy atom. The second kappa shape index (κ2) is 5.59. The minimum absolute atomic E-state index is 0.0810. The summed E-state index contributed by atoms with van der Waals surface area (Å²) in [6, 6.07) is -0.875. The lowest BCUT2D eigenvalue weighted by atomic mass is 9.96. The van der Waals surface area contributed by atoms with Gasteiger partial charge >= 0.3 is 12.1 Å². The van der Waals surface area contributed by atoms with E-state index in [9.17, 15) is 9.59 Å². The molecule has 1 amide bonds. The van der Waals surface area contributed by atoms with E-state index in [4.69, 9.17) is 9.84 Å². The van der Waals surface area contributed by atoms with Crippen molar-refractivity contribution in [3.05, 3.63) is 0 Å². The molecule has 104 valence electrons. The highest BCUT2D eigenvalue weighted by molar-refractivity contribution is 5.80. The van der Waals surface area contributed by atoms with Crippen molar-refractivity contribution >= 4 is 12.1 Å². The van der Waals surface area contributed by atoms with E-state index in [2.05, 4.69) is 5.32 Å². The molecule has 0 aliphatic heterocycles. The number of ether oxygens (including phenoxy) is 1. The maximum absolute atomic E-state index is 11.6. The van der Waals surface area contributed by atoms with Crippen LogP contribution in [0.4, 0.5) is 4.79 Å². The quantitative estimate of drug-likeness (QED) is 0.793. The van der Waals surface area contributed by atoms with Gasteiger partial charge in [0.25, 0.3) is 0 Å². The van der Waals surface area contributed by atoms with Crippen LogP contribution in [0.5, 0.6) is 0 Å². The monoisotopic (exact) mass is 257 g/mol. The Kier molecular flexibility index (Phi) is 4.59. The summed E-state index contributed by atoms with van der Waals surface area (Å²) in [6.45, 7) is 7.09. The minimum atomic E-state index is -1.01. The van der Waals surface area contributed by atoms with E-state index >= 15 is 0 Å². The van der Waals surface area contributed by atoms with Crippen molar-refractivity contribution in [1.82, 2.24) is 5.32 Å². The number of carboxylic acids is 1. The predicted octanol–water partition coefficient (Wildman–Crippen LogP) is 2.40. The molecule has 0 heterocycles. The molecule has 5 nitrogen and oxygen atoms in total. The topological polar surface area (TPSA) is 75.6 Å². The highest BCUT2D eigenvalue weighted by Crippen LogP contribution is 2.36. The number of carbonyl (C=O) groups excluding carboxylic acids is 1. The second-order valence-electron chi connectivity index (χ2n) is 6.12. The van der Waals surface area contributed by atoms with Gasteiger partial charge in [0.05, 0.1) is 0 Å². The van der Waals surface area contributed by atoms with Crippen LogP contribution in [-0.2, 0) is 9.53 Å². The smallest absolute Gasteiger partial charge is 0.408 e. The van der Waals surface area contributed by atoms with Crippen LogP contribution in [0.25, 0.3) is 0 Å². The van der Waals surface area contributed by atoms with Gasteiger partial charge in [0.2, 0.25) is 0 Å². The van der Waals surface area contributed by atoms with Gasteiger partial charge in [-0.2, -0.15) is 0 Å². The van der Waals surface area contributed by atoms with Crippen LogP contribution in [0.1, 0.15) is 47.0 Å². The van der Waals surface area contributed by atoms with Crippen LogP contribution < -0.4 is 5.32 Å². The molecule has 2 unspecified atom stereocenters. The zero-order valence-corrected chi connectivity index (χ0v) is 11.5. The summed E-state index contributed by atoms with van der Waals surface area (Å²) < 4.78 is 5.08. The third-order valence-electron chi connectivity index (χ3n) is 2.91. The van der Waals surface area contributed by atoms with E-state index in [0.717, 1.165) is 6.42 Å². The van der Waals surface area contributed by atoms with E-state index in [-0.39, 0.29) is 5.92 Å². The van der Waals surface area contributed by atoms with Gasteiger partial charge in [-0.1, -0.05) is 19.8 Å². The van der Waals surface area contributed by atoms with Crippen molar-refractivity contribution < 1.29 is 19.4 Å². The highest BCUT2D eigenvalue weighted by Gasteiger charge is 2.33. The molecular weight excluding hydrogens is 234 g/mol. The van der Waals surface area contributed by atoms with E-state index in [0.29, 0.717) is 5.92 Å². The summed E-state index contributed by atoms with van der Waals surface area (Å²) in [5, 5.41) is 11.6. The summed E-state index contributed by atoms with van der Waals surface area (Å²) in [4.78, 5) is 22.8. The molecule has 1 rings (SSSR count). The summed E-state index contributed by atoms with van der Waals surface area (Å²) in [6.07, 6.45) is 2.51. The van der Waals surface area contributed by atoms with Gasteiger partial charge in [0, 0.05) is 0 Å². The number of amides is 1. The maximum Gasteiger partial charge on any atom is 0.408 e. The Morgan fingerprint density at radius 2 is 1.94 bits per heavy atom. The molecule has 0 aromatic carbocycles. The number of hydrogen-bond acceptors (Lipinski definition) is 3. The molecule has 18 heavy (non-hydrogen) atoms. The number of carbonyl (C=O) groups is 2. The van der Waals surface area contributed by atoms with Crippen molar-refractivity contribution in [3.63, 3.8) is 0 Å². The SMILES string of the molecule is CC(CC1CC1)C(NC(=O)OC(C)(C)C)C(=O)O. The van der Waals surface area contributed by atoms with Gasteiger partial charge in [-0.25, -0.2) is 9.59 Å². The molecule has 1 aliphatic rings. The Hall–Kier alpha value is -1.26. The van der Waals surface area contributed by atoms with E-state index in [1.54, 1.807) is 20.8 Å². The molecule has 0 aromatic rings. The maximum atomic E-state index is 11.6. The lowest BCUT2D eigenvalue weighted by molar-refractivity contribution is -0.140. The fraction of sp³-hybridized carbons (Fsp3) is 0.846. The fourth-order valence-corrected chi connectivity index (χ4v) is 1.90. The zero-order valence-electron chi connectivity index (χ0n) is 11.5. The first-order chi connectivity index (χ1) is 8.19. The average molecular weight is 257 g/mol. The molecule has 0 aromatic heterocycles. The van der Waals surface area contributed by atoms with Crippen molar-refractivity contribution in [2.24, 2.45) is 11.8 Å². The molecule has 0 bridgehead atoms. The van der Waals surface area contributed by atoms with Crippen LogP contribution >= 0.6 is 0 Å².